The summed E-state index contributed by atoms with van der Waals surface area (Å²) in [5.41, 5.74) is 5.95. The van der Waals surface area contributed by atoms with Crippen LogP contribution in [0.25, 0.3) is 10.9 Å². The highest BCUT2D eigenvalue weighted by atomic mass is 35.5. The second-order valence-corrected chi connectivity index (χ2v) is 6.49. The minimum Gasteiger partial charge on any atom is -0.347 e. The van der Waals surface area contributed by atoms with Crippen LogP contribution in [-0.2, 0) is 11.8 Å². The van der Waals surface area contributed by atoms with Crippen LogP contribution in [0.4, 0.5) is 0 Å². The number of amides is 2. The van der Waals surface area contributed by atoms with Gasteiger partial charge >= 0.3 is 0 Å². The van der Waals surface area contributed by atoms with Gasteiger partial charge in [-0.05, 0) is 37.3 Å². The van der Waals surface area contributed by atoms with Gasteiger partial charge in [0.15, 0.2) is 0 Å². The summed E-state index contributed by atoms with van der Waals surface area (Å²) in [5, 5.41) is 8.17. The number of nitrogens with one attached hydrogen (secondary N) is 2. The number of nitrogens with zero attached hydrogens (tertiary/aromatic N) is 2. The molecule has 6 nitrogen and oxygen atoms in total. The third-order valence-corrected chi connectivity index (χ3v) is 4.60. The number of benzene rings is 2. The molecule has 0 spiro atoms. The number of halogens is 1. The Labute approximate surface area is 161 Å². The number of carbonyl (C=O) groups is 2. The summed E-state index contributed by atoms with van der Waals surface area (Å²) in [6, 6.07) is 14.4. The van der Waals surface area contributed by atoms with Crippen LogP contribution in [0.3, 0.4) is 0 Å². The van der Waals surface area contributed by atoms with Crippen molar-refractivity contribution in [2.45, 2.75) is 6.92 Å². The van der Waals surface area contributed by atoms with Crippen molar-refractivity contribution < 1.29 is 9.59 Å². The van der Waals surface area contributed by atoms with Crippen LogP contribution in [0, 0.1) is 6.92 Å². The lowest BCUT2D eigenvalue weighted by Gasteiger charge is -2.04. The van der Waals surface area contributed by atoms with Crippen LogP contribution in [0.2, 0.25) is 5.02 Å². The molecule has 0 saturated carbocycles. The maximum Gasteiger partial charge on any atom is 0.259 e. The van der Waals surface area contributed by atoms with Crippen LogP contribution in [0.5, 0.6) is 0 Å². The van der Waals surface area contributed by atoms with E-state index in [0.717, 1.165) is 22.2 Å². The number of hydrazone groups is 1. The molecule has 0 aliphatic heterocycles. The van der Waals surface area contributed by atoms with E-state index in [2.05, 4.69) is 20.4 Å². The molecular formula is C20H19ClN4O2. The van der Waals surface area contributed by atoms with E-state index in [1.54, 1.807) is 30.5 Å². The Morgan fingerprint density at radius 3 is 2.59 bits per heavy atom. The third kappa shape index (κ3) is 4.17. The van der Waals surface area contributed by atoms with Gasteiger partial charge in [0.05, 0.1) is 12.8 Å². The van der Waals surface area contributed by atoms with Crippen LogP contribution in [-0.4, -0.2) is 29.1 Å². The number of hydrogen-bond acceptors (Lipinski definition) is 3. The summed E-state index contributed by atoms with van der Waals surface area (Å²) in [5.74, 6) is -0.762. The molecule has 0 bridgehead atoms. The standard InChI is InChI=1S/C20H19ClN4O2/c1-13-17(16-5-3-4-6-18(16)25(13)2)11-23-24-19(26)12-22-20(27)14-7-9-15(21)10-8-14/h3-11H,12H2,1-2H3,(H,22,27)(H,24,26)/b23-11-. The fourth-order valence-electron chi connectivity index (χ4n) is 2.79. The largest absolute Gasteiger partial charge is 0.347 e. The van der Waals surface area contributed by atoms with E-state index in [9.17, 15) is 9.59 Å². The molecule has 7 heteroatoms. The van der Waals surface area contributed by atoms with Crippen LogP contribution in [0.1, 0.15) is 21.6 Å². The van der Waals surface area contributed by atoms with Crippen molar-refractivity contribution in [3.8, 4) is 0 Å². The molecule has 138 valence electrons. The van der Waals surface area contributed by atoms with Crippen molar-refractivity contribution in [2.75, 3.05) is 6.54 Å². The van der Waals surface area contributed by atoms with Crippen molar-refractivity contribution in [1.82, 2.24) is 15.3 Å². The number of hydrogen-bond donors (Lipinski definition) is 2. The normalized spacial score (nSPS) is 11.1. The first-order valence-corrected chi connectivity index (χ1v) is 8.75. The molecule has 27 heavy (non-hydrogen) atoms. The molecule has 3 aromatic rings. The van der Waals surface area contributed by atoms with E-state index in [-0.39, 0.29) is 12.5 Å². The highest BCUT2D eigenvalue weighted by Crippen LogP contribution is 2.22. The predicted molar refractivity (Wildman–Crippen MR) is 107 cm³/mol. The van der Waals surface area contributed by atoms with Crippen molar-refractivity contribution in [3.63, 3.8) is 0 Å². The number of aromatic nitrogens is 1. The highest BCUT2D eigenvalue weighted by Gasteiger charge is 2.10. The summed E-state index contributed by atoms with van der Waals surface area (Å²) < 4.78 is 2.07. The molecular weight excluding hydrogens is 364 g/mol. The average molecular weight is 383 g/mol. The topological polar surface area (TPSA) is 75.5 Å². The maximum atomic E-state index is 12.0. The fraction of sp³-hybridized carbons (Fsp3) is 0.150. The van der Waals surface area contributed by atoms with Crippen molar-refractivity contribution in [3.05, 3.63) is 70.4 Å². The second-order valence-electron chi connectivity index (χ2n) is 6.06. The van der Waals surface area contributed by atoms with Gasteiger partial charge in [-0.25, -0.2) is 5.43 Å². The Morgan fingerprint density at radius 2 is 1.85 bits per heavy atom. The van der Waals surface area contributed by atoms with Gasteiger partial charge in [0.25, 0.3) is 11.8 Å². The van der Waals surface area contributed by atoms with Gasteiger partial charge in [-0.3, -0.25) is 9.59 Å². The maximum absolute atomic E-state index is 12.0. The zero-order valence-corrected chi connectivity index (χ0v) is 15.7. The van der Waals surface area contributed by atoms with Crippen molar-refractivity contribution in [2.24, 2.45) is 12.1 Å². The molecule has 0 fully saturated rings. The van der Waals surface area contributed by atoms with E-state index in [4.69, 9.17) is 11.6 Å². The van der Waals surface area contributed by atoms with Gasteiger partial charge in [0.2, 0.25) is 0 Å². The summed E-state index contributed by atoms with van der Waals surface area (Å²) in [4.78, 5) is 23.9. The monoisotopic (exact) mass is 382 g/mol. The number of rotatable bonds is 5. The SMILES string of the molecule is Cc1c(/C=N\NC(=O)CNC(=O)c2ccc(Cl)cc2)c2ccccc2n1C. The molecule has 0 saturated heterocycles. The Kier molecular flexibility index (Phi) is 5.57. The molecule has 0 aliphatic carbocycles. The lowest BCUT2D eigenvalue weighted by molar-refractivity contribution is -0.120. The van der Waals surface area contributed by atoms with Crippen LogP contribution in [0.15, 0.2) is 53.6 Å². The zero-order valence-electron chi connectivity index (χ0n) is 15.0. The molecule has 0 aliphatic rings. The number of para-hydroxylation sites is 1. The van der Waals surface area contributed by atoms with Gasteiger partial charge < -0.3 is 9.88 Å². The van der Waals surface area contributed by atoms with Gasteiger partial charge in [-0.1, -0.05) is 29.8 Å². The van der Waals surface area contributed by atoms with Gasteiger partial charge in [-0.15, -0.1) is 0 Å². The lowest BCUT2D eigenvalue weighted by Crippen LogP contribution is -2.34. The zero-order chi connectivity index (χ0) is 19.4. The van der Waals surface area contributed by atoms with Crippen molar-refractivity contribution >= 4 is 40.5 Å². The van der Waals surface area contributed by atoms with Crippen LogP contribution >= 0.6 is 11.6 Å². The smallest absolute Gasteiger partial charge is 0.259 e. The molecule has 2 aromatic carbocycles. The summed E-state index contributed by atoms with van der Waals surface area (Å²) in [6.45, 7) is 1.82. The van der Waals surface area contributed by atoms with Crippen molar-refractivity contribution in [1.29, 1.82) is 0 Å². The quantitative estimate of drug-likeness (QED) is 0.525. The molecule has 2 N–H and O–H groups in total. The summed E-state index contributed by atoms with van der Waals surface area (Å²) >= 11 is 5.79. The first-order valence-electron chi connectivity index (χ1n) is 8.37. The molecule has 0 atom stereocenters. The van der Waals surface area contributed by atoms with E-state index >= 15 is 0 Å². The van der Waals surface area contributed by atoms with Gasteiger partial charge in [-0.2, -0.15) is 5.10 Å². The Hall–Kier alpha value is -3.12. The number of aryl methyl sites for hydroxylation is 1. The molecule has 1 heterocycles. The Bertz CT molecular complexity index is 1020. The highest BCUT2D eigenvalue weighted by molar-refractivity contribution is 6.30. The first kappa shape index (κ1) is 18.7. The summed E-state index contributed by atoms with van der Waals surface area (Å²) in [6.07, 6.45) is 1.62. The van der Waals surface area contributed by atoms with E-state index in [0.29, 0.717) is 10.6 Å². The number of carbonyl (C=O) groups excluding carboxylic acids is 2. The summed E-state index contributed by atoms with van der Waals surface area (Å²) in [7, 11) is 1.99. The van der Waals surface area contributed by atoms with E-state index < -0.39 is 5.91 Å². The molecule has 0 radical (unpaired) electrons. The molecule has 0 unspecified atom stereocenters. The lowest BCUT2D eigenvalue weighted by atomic mass is 10.1. The average Bonchev–Trinajstić information content (AvgIpc) is 2.92. The first-order chi connectivity index (χ1) is 13.0. The predicted octanol–water partition coefficient (Wildman–Crippen LogP) is 3.02. The van der Waals surface area contributed by atoms with E-state index in [1.165, 1.54) is 0 Å². The molecule has 2 amide bonds. The van der Waals surface area contributed by atoms with Crippen LogP contribution < -0.4 is 10.7 Å². The Balaban J connectivity index is 1.59. The minimum absolute atomic E-state index is 0.173. The van der Waals surface area contributed by atoms with E-state index in [1.807, 2.05) is 38.2 Å². The van der Waals surface area contributed by atoms with Gasteiger partial charge in [0.1, 0.15) is 0 Å². The van der Waals surface area contributed by atoms with Gasteiger partial charge in [0, 0.05) is 39.8 Å². The minimum atomic E-state index is -0.411. The fourth-order valence-corrected chi connectivity index (χ4v) is 2.91. The Morgan fingerprint density at radius 1 is 1.15 bits per heavy atom. The third-order valence-electron chi connectivity index (χ3n) is 4.35. The molecule has 3 rings (SSSR count). The molecule has 1 aromatic heterocycles. The number of fused-ring (bicyclic) bond motifs is 1. The second kappa shape index (κ2) is 8.05.